The molecule has 0 fully saturated rings. The van der Waals surface area contributed by atoms with Crippen LogP contribution < -0.4 is 0 Å². The van der Waals surface area contributed by atoms with Gasteiger partial charge in [0.05, 0.1) is 6.26 Å². The number of hydrogen-bond donors (Lipinski definition) is 0. The molecule has 1 unspecified atom stereocenters. The Hall–Kier alpha value is -0.720. The number of rotatable bonds is 2. The fraction of sp³-hybridized carbons (Fsp3) is 0.667. The van der Waals surface area contributed by atoms with E-state index in [0.29, 0.717) is 0 Å². The van der Waals surface area contributed by atoms with E-state index < -0.39 is 0 Å². The molecular formula is C12H18O. The summed E-state index contributed by atoms with van der Waals surface area (Å²) in [5.74, 6) is 0.937. The maximum atomic E-state index is 5.30. The van der Waals surface area contributed by atoms with Crippen molar-refractivity contribution in [2.45, 2.75) is 39.0 Å². The van der Waals surface area contributed by atoms with Crippen LogP contribution in [0.1, 0.15) is 39.0 Å². The Morgan fingerprint density at radius 1 is 1.54 bits per heavy atom. The smallest absolute Gasteiger partial charge is 0.109 e. The van der Waals surface area contributed by atoms with E-state index in [4.69, 9.17) is 4.74 Å². The molecular weight excluding hydrogens is 160 g/mol. The first kappa shape index (κ1) is 8.86. The van der Waals surface area contributed by atoms with Crippen molar-refractivity contribution in [1.29, 1.82) is 0 Å². The van der Waals surface area contributed by atoms with Crippen LogP contribution >= 0.6 is 0 Å². The van der Waals surface area contributed by atoms with E-state index in [1.165, 1.54) is 32.1 Å². The van der Waals surface area contributed by atoms with Gasteiger partial charge in [0, 0.05) is 0 Å². The summed E-state index contributed by atoms with van der Waals surface area (Å²) in [6, 6.07) is 0. The highest BCUT2D eigenvalue weighted by Gasteiger charge is 2.20. The average molecular weight is 178 g/mol. The second kappa shape index (κ2) is 3.99. The van der Waals surface area contributed by atoms with E-state index in [-0.39, 0.29) is 0 Å². The molecule has 0 aromatic heterocycles. The normalized spacial score (nSPS) is 27.0. The van der Waals surface area contributed by atoms with Gasteiger partial charge < -0.3 is 4.74 Å². The van der Waals surface area contributed by atoms with Crippen molar-refractivity contribution in [3.8, 4) is 0 Å². The van der Waals surface area contributed by atoms with Crippen LogP contribution in [0.3, 0.4) is 0 Å². The van der Waals surface area contributed by atoms with Gasteiger partial charge in [-0.3, -0.25) is 0 Å². The number of ether oxygens (including phenoxy) is 1. The highest BCUT2D eigenvalue weighted by molar-refractivity contribution is 5.30. The first-order valence-electron chi connectivity index (χ1n) is 5.39. The van der Waals surface area contributed by atoms with Crippen molar-refractivity contribution in [1.82, 2.24) is 0 Å². The summed E-state index contributed by atoms with van der Waals surface area (Å²) in [5, 5.41) is 0. The lowest BCUT2D eigenvalue weighted by Gasteiger charge is -2.27. The molecule has 0 saturated carbocycles. The molecule has 0 aromatic rings. The summed E-state index contributed by atoms with van der Waals surface area (Å²) in [4.78, 5) is 0. The van der Waals surface area contributed by atoms with Crippen LogP contribution in [0.15, 0.2) is 23.5 Å². The first-order chi connectivity index (χ1) is 6.40. The first-order valence-corrected chi connectivity index (χ1v) is 5.39. The van der Waals surface area contributed by atoms with Crippen LogP contribution in [0.5, 0.6) is 0 Å². The van der Waals surface area contributed by atoms with Gasteiger partial charge in [0.2, 0.25) is 0 Å². The van der Waals surface area contributed by atoms with Crippen LogP contribution in [-0.4, -0.2) is 6.61 Å². The molecule has 1 aliphatic heterocycles. The van der Waals surface area contributed by atoms with Crippen LogP contribution in [0.4, 0.5) is 0 Å². The number of hydrogen-bond acceptors (Lipinski definition) is 1. The van der Waals surface area contributed by atoms with Gasteiger partial charge in [0.1, 0.15) is 6.61 Å². The van der Waals surface area contributed by atoms with Crippen molar-refractivity contribution in [2.75, 3.05) is 6.61 Å². The molecule has 1 heteroatoms. The highest BCUT2D eigenvalue weighted by Crippen LogP contribution is 2.34. The Kier molecular flexibility index (Phi) is 2.72. The van der Waals surface area contributed by atoms with E-state index in [1.54, 1.807) is 11.1 Å². The van der Waals surface area contributed by atoms with Gasteiger partial charge in [-0.15, -0.1) is 0 Å². The number of allylic oxidation sites excluding steroid dienone is 2. The summed E-state index contributed by atoms with van der Waals surface area (Å²) >= 11 is 0. The minimum absolute atomic E-state index is 0.852. The van der Waals surface area contributed by atoms with Crippen molar-refractivity contribution in [3.05, 3.63) is 23.5 Å². The molecule has 1 aliphatic carbocycles. The third kappa shape index (κ3) is 1.96. The predicted molar refractivity (Wildman–Crippen MR) is 54.4 cm³/mol. The molecule has 2 aliphatic rings. The summed E-state index contributed by atoms with van der Waals surface area (Å²) in [5.41, 5.74) is 3.12. The summed E-state index contributed by atoms with van der Waals surface area (Å²) in [7, 11) is 0. The Bertz CT molecular complexity index is 238. The van der Waals surface area contributed by atoms with Crippen molar-refractivity contribution >= 4 is 0 Å². The zero-order chi connectivity index (χ0) is 9.10. The van der Waals surface area contributed by atoms with Gasteiger partial charge >= 0.3 is 0 Å². The van der Waals surface area contributed by atoms with Crippen LogP contribution in [0, 0.1) is 5.92 Å². The lowest BCUT2D eigenvalue weighted by Crippen LogP contribution is -2.14. The lowest BCUT2D eigenvalue weighted by atomic mass is 9.81. The maximum Gasteiger partial charge on any atom is 0.109 e. The second-order valence-electron chi connectivity index (χ2n) is 4.14. The van der Waals surface area contributed by atoms with Gasteiger partial charge in [-0.25, -0.2) is 0 Å². The molecule has 0 amide bonds. The fourth-order valence-electron chi connectivity index (χ4n) is 2.38. The fourth-order valence-corrected chi connectivity index (χ4v) is 2.38. The molecule has 0 spiro atoms. The van der Waals surface area contributed by atoms with Gasteiger partial charge in [-0.1, -0.05) is 19.8 Å². The molecule has 0 N–H and O–H groups in total. The van der Waals surface area contributed by atoms with Gasteiger partial charge in [0.15, 0.2) is 0 Å². The van der Waals surface area contributed by atoms with E-state index in [0.717, 1.165) is 12.5 Å². The maximum absolute atomic E-state index is 5.30. The minimum Gasteiger partial charge on any atom is -0.497 e. The summed E-state index contributed by atoms with van der Waals surface area (Å²) < 4.78 is 5.30. The topological polar surface area (TPSA) is 9.23 Å². The Morgan fingerprint density at radius 3 is 3.31 bits per heavy atom. The van der Waals surface area contributed by atoms with E-state index in [2.05, 4.69) is 13.0 Å². The molecule has 0 aromatic carbocycles. The Balaban J connectivity index is 2.01. The molecule has 1 nitrogen and oxygen atoms in total. The quantitative estimate of drug-likeness (QED) is 0.629. The molecule has 13 heavy (non-hydrogen) atoms. The third-order valence-electron chi connectivity index (χ3n) is 3.14. The van der Waals surface area contributed by atoms with Gasteiger partial charge in [-0.2, -0.15) is 0 Å². The molecule has 1 heterocycles. The third-order valence-corrected chi connectivity index (χ3v) is 3.14. The zero-order valence-electron chi connectivity index (χ0n) is 8.38. The molecule has 1 atom stereocenters. The second-order valence-corrected chi connectivity index (χ2v) is 4.14. The van der Waals surface area contributed by atoms with Crippen LogP contribution in [0.2, 0.25) is 0 Å². The van der Waals surface area contributed by atoms with E-state index in [1.807, 2.05) is 6.26 Å². The predicted octanol–water partition coefficient (Wildman–Crippen LogP) is 3.43. The molecule has 0 bridgehead atoms. The van der Waals surface area contributed by atoms with Crippen LogP contribution in [-0.2, 0) is 4.74 Å². The summed E-state index contributed by atoms with van der Waals surface area (Å²) in [6.07, 6.45) is 10.7. The standard InChI is InChI=1S/C12H18O/c1-2-3-10-4-5-12-9-13-7-6-11(12)8-10/h6-7,10H,2-5,8-9H2,1H3. The van der Waals surface area contributed by atoms with Crippen LogP contribution in [0.25, 0.3) is 0 Å². The molecule has 2 rings (SSSR count). The lowest BCUT2D eigenvalue weighted by molar-refractivity contribution is 0.259. The van der Waals surface area contributed by atoms with Crippen molar-refractivity contribution in [2.24, 2.45) is 5.92 Å². The summed E-state index contributed by atoms with van der Waals surface area (Å²) in [6.45, 7) is 3.13. The monoisotopic (exact) mass is 178 g/mol. The average Bonchev–Trinajstić information content (AvgIpc) is 2.18. The van der Waals surface area contributed by atoms with Gasteiger partial charge in [-0.05, 0) is 42.4 Å². The molecule has 0 radical (unpaired) electrons. The van der Waals surface area contributed by atoms with E-state index >= 15 is 0 Å². The largest absolute Gasteiger partial charge is 0.497 e. The van der Waals surface area contributed by atoms with Gasteiger partial charge in [0.25, 0.3) is 0 Å². The SMILES string of the molecule is CCCC1CCC2=C(C=COC2)C1. The highest BCUT2D eigenvalue weighted by atomic mass is 16.5. The zero-order valence-corrected chi connectivity index (χ0v) is 8.38. The molecule has 0 saturated heterocycles. The van der Waals surface area contributed by atoms with Crippen molar-refractivity contribution < 1.29 is 4.74 Å². The minimum atomic E-state index is 0.852. The molecule has 72 valence electrons. The Morgan fingerprint density at radius 2 is 2.46 bits per heavy atom. The Labute approximate surface area is 80.5 Å². The van der Waals surface area contributed by atoms with E-state index in [9.17, 15) is 0 Å². The van der Waals surface area contributed by atoms with Crippen molar-refractivity contribution in [3.63, 3.8) is 0 Å².